The smallest absolute Gasteiger partial charge is 0.269 e. The van der Waals surface area contributed by atoms with Crippen LogP contribution in [-0.2, 0) is 23.6 Å². The molecule has 2 aromatic rings. The van der Waals surface area contributed by atoms with Gasteiger partial charge in [-0.15, -0.1) is 0 Å². The molecular formula is C23H33N3O2. The number of carbonyl (C=O) groups excluding carboxylic acids is 1. The molecule has 0 saturated carbocycles. The van der Waals surface area contributed by atoms with Gasteiger partial charge in [0.05, 0.1) is 5.69 Å². The highest BCUT2D eigenvalue weighted by Gasteiger charge is 2.35. The Balaban J connectivity index is 1.79. The van der Waals surface area contributed by atoms with Gasteiger partial charge in [-0.2, -0.15) is 5.10 Å². The average Bonchev–Trinajstić information content (AvgIpc) is 2.99. The van der Waals surface area contributed by atoms with Crippen molar-refractivity contribution in [2.24, 2.45) is 13.0 Å². The minimum Gasteiger partial charge on any atom is -0.381 e. The van der Waals surface area contributed by atoms with Crippen LogP contribution < -0.4 is 5.32 Å². The molecule has 1 aliphatic heterocycles. The molecule has 1 aromatic carbocycles. The molecule has 5 heteroatoms. The van der Waals surface area contributed by atoms with Crippen molar-refractivity contribution in [1.29, 1.82) is 0 Å². The van der Waals surface area contributed by atoms with E-state index in [1.165, 1.54) is 16.7 Å². The first-order chi connectivity index (χ1) is 13.3. The lowest BCUT2D eigenvalue weighted by molar-refractivity contribution is 0.0486. The van der Waals surface area contributed by atoms with Crippen LogP contribution >= 0.6 is 0 Å². The Bertz CT molecular complexity index is 812. The molecule has 1 saturated heterocycles. The molecule has 0 radical (unpaired) electrons. The number of hydrogen-bond donors (Lipinski definition) is 1. The monoisotopic (exact) mass is 383 g/mol. The second-order valence-electron chi connectivity index (χ2n) is 8.69. The van der Waals surface area contributed by atoms with Gasteiger partial charge in [0.25, 0.3) is 5.91 Å². The van der Waals surface area contributed by atoms with E-state index in [1.54, 1.807) is 4.68 Å². The molecule has 1 fully saturated rings. The van der Waals surface area contributed by atoms with E-state index in [0.29, 0.717) is 18.2 Å². The van der Waals surface area contributed by atoms with Crippen molar-refractivity contribution < 1.29 is 9.53 Å². The van der Waals surface area contributed by atoms with Gasteiger partial charge in [-0.1, -0.05) is 43.2 Å². The fraction of sp³-hybridized carbons (Fsp3) is 0.565. The summed E-state index contributed by atoms with van der Waals surface area (Å²) in [5.41, 5.74) is 5.34. The van der Waals surface area contributed by atoms with Crippen molar-refractivity contribution in [3.63, 3.8) is 0 Å². The van der Waals surface area contributed by atoms with Crippen molar-refractivity contribution in [1.82, 2.24) is 15.1 Å². The topological polar surface area (TPSA) is 56.2 Å². The minimum absolute atomic E-state index is 0.0553. The fourth-order valence-corrected chi connectivity index (χ4v) is 4.21. The molecule has 1 aromatic heterocycles. The van der Waals surface area contributed by atoms with Crippen molar-refractivity contribution in [2.75, 3.05) is 19.8 Å². The van der Waals surface area contributed by atoms with Gasteiger partial charge in [-0.3, -0.25) is 9.48 Å². The molecule has 1 N–H and O–H groups in total. The third-order valence-electron chi connectivity index (χ3n) is 5.65. The number of benzene rings is 1. The molecule has 0 aliphatic carbocycles. The van der Waals surface area contributed by atoms with Crippen molar-refractivity contribution in [3.8, 4) is 0 Å². The number of aryl methyl sites for hydroxylation is 3. The Morgan fingerprint density at radius 3 is 2.43 bits per heavy atom. The van der Waals surface area contributed by atoms with Crippen LogP contribution in [0.2, 0.25) is 0 Å². The Morgan fingerprint density at radius 2 is 1.82 bits per heavy atom. The van der Waals surface area contributed by atoms with E-state index in [9.17, 15) is 4.79 Å². The Kier molecular flexibility index (Phi) is 6.23. The van der Waals surface area contributed by atoms with Crippen LogP contribution in [-0.4, -0.2) is 35.4 Å². The van der Waals surface area contributed by atoms with E-state index in [4.69, 9.17) is 4.74 Å². The highest BCUT2D eigenvalue weighted by molar-refractivity contribution is 5.92. The molecule has 152 valence electrons. The van der Waals surface area contributed by atoms with E-state index in [-0.39, 0.29) is 11.3 Å². The number of carbonyl (C=O) groups is 1. The summed E-state index contributed by atoms with van der Waals surface area (Å²) in [5, 5.41) is 7.70. The number of aromatic nitrogens is 2. The van der Waals surface area contributed by atoms with Crippen molar-refractivity contribution in [3.05, 3.63) is 52.3 Å². The van der Waals surface area contributed by atoms with Crippen molar-refractivity contribution >= 4 is 5.91 Å². The summed E-state index contributed by atoms with van der Waals surface area (Å²) >= 11 is 0. The lowest BCUT2D eigenvalue weighted by Gasteiger charge is -2.38. The molecule has 1 aliphatic rings. The van der Waals surface area contributed by atoms with Gasteiger partial charge in [-0.25, -0.2) is 0 Å². The molecule has 0 atom stereocenters. The molecule has 0 spiro atoms. The third-order valence-corrected chi connectivity index (χ3v) is 5.65. The van der Waals surface area contributed by atoms with Crippen LogP contribution in [0.25, 0.3) is 0 Å². The molecule has 2 heterocycles. The summed E-state index contributed by atoms with van der Waals surface area (Å²) in [7, 11) is 1.84. The van der Waals surface area contributed by atoms with Gasteiger partial charge in [-0.05, 0) is 50.7 Å². The van der Waals surface area contributed by atoms with E-state index in [0.717, 1.165) is 38.2 Å². The quantitative estimate of drug-likeness (QED) is 0.827. The number of amides is 1. The highest BCUT2D eigenvalue weighted by atomic mass is 16.5. The Labute approximate surface area is 168 Å². The summed E-state index contributed by atoms with van der Waals surface area (Å²) in [6.07, 6.45) is 2.71. The van der Waals surface area contributed by atoms with E-state index in [1.807, 2.05) is 13.1 Å². The summed E-state index contributed by atoms with van der Waals surface area (Å²) in [6.45, 7) is 10.7. The first-order valence-electron chi connectivity index (χ1n) is 10.3. The Morgan fingerprint density at radius 1 is 1.18 bits per heavy atom. The third kappa shape index (κ3) is 4.64. The predicted octanol–water partition coefficient (Wildman–Crippen LogP) is 3.71. The number of ether oxygens (including phenoxy) is 1. The second kappa shape index (κ2) is 8.48. The summed E-state index contributed by atoms with van der Waals surface area (Å²) in [5.74, 6) is 0.459. The number of hydrogen-bond acceptors (Lipinski definition) is 3. The summed E-state index contributed by atoms with van der Waals surface area (Å²) in [6, 6.07) is 8.63. The normalized spacial score (nSPS) is 16.4. The maximum absolute atomic E-state index is 12.9. The van der Waals surface area contributed by atoms with Gasteiger partial charge < -0.3 is 10.1 Å². The van der Waals surface area contributed by atoms with Crippen LogP contribution in [0.15, 0.2) is 24.3 Å². The Hall–Kier alpha value is -2.14. The molecule has 0 unspecified atom stereocenters. The second-order valence-corrected chi connectivity index (χ2v) is 8.69. The number of nitrogens with zero attached hydrogens (tertiary/aromatic N) is 2. The zero-order valence-corrected chi connectivity index (χ0v) is 17.8. The molecule has 0 bridgehead atoms. The molecule has 1 amide bonds. The average molecular weight is 384 g/mol. The summed E-state index contributed by atoms with van der Waals surface area (Å²) < 4.78 is 7.33. The SMILES string of the molecule is Cc1cc(C)cc(C2(CNC(=O)c3cc(CC(C)C)nn3C)CCOCC2)c1. The zero-order valence-electron chi connectivity index (χ0n) is 17.8. The van der Waals surface area contributed by atoms with Gasteiger partial charge in [0.2, 0.25) is 0 Å². The molecule has 5 nitrogen and oxygen atoms in total. The minimum atomic E-state index is -0.0793. The molecule has 28 heavy (non-hydrogen) atoms. The first kappa shape index (κ1) is 20.6. The standard InChI is InChI=1S/C23H33N3O2/c1-16(2)10-20-14-21(26(5)25-20)22(27)24-15-23(6-8-28-9-7-23)19-12-17(3)11-18(4)13-19/h11-14,16H,6-10,15H2,1-5H3,(H,24,27). The largest absolute Gasteiger partial charge is 0.381 e. The van der Waals surface area contributed by atoms with Gasteiger partial charge in [0.1, 0.15) is 5.69 Å². The number of nitrogens with one attached hydrogen (secondary N) is 1. The summed E-state index contributed by atoms with van der Waals surface area (Å²) in [4.78, 5) is 12.9. The van der Waals surface area contributed by atoms with Crippen LogP contribution in [0.1, 0.15) is 59.6 Å². The predicted molar refractivity (Wildman–Crippen MR) is 112 cm³/mol. The van der Waals surface area contributed by atoms with Crippen LogP contribution in [0, 0.1) is 19.8 Å². The number of rotatable bonds is 6. The molecular weight excluding hydrogens is 350 g/mol. The highest BCUT2D eigenvalue weighted by Crippen LogP contribution is 2.35. The van der Waals surface area contributed by atoms with E-state index < -0.39 is 0 Å². The lowest BCUT2D eigenvalue weighted by Crippen LogP contribution is -2.45. The van der Waals surface area contributed by atoms with E-state index in [2.05, 4.69) is 56.3 Å². The van der Waals surface area contributed by atoms with Crippen molar-refractivity contribution in [2.45, 2.75) is 52.4 Å². The van der Waals surface area contributed by atoms with Crippen LogP contribution in [0.3, 0.4) is 0 Å². The van der Waals surface area contributed by atoms with Crippen LogP contribution in [0.5, 0.6) is 0 Å². The van der Waals surface area contributed by atoms with Gasteiger partial charge in [0.15, 0.2) is 0 Å². The van der Waals surface area contributed by atoms with E-state index >= 15 is 0 Å². The van der Waals surface area contributed by atoms with Gasteiger partial charge >= 0.3 is 0 Å². The molecule has 3 rings (SSSR count). The van der Waals surface area contributed by atoms with Crippen LogP contribution in [0.4, 0.5) is 0 Å². The maximum Gasteiger partial charge on any atom is 0.269 e. The lowest BCUT2D eigenvalue weighted by atomic mass is 9.73. The first-order valence-corrected chi connectivity index (χ1v) is 10.3. The fourth-order valence-electron chi connectivity index (χ4n) is 4.21. The zero-order chi connectivity index (χ0) is 20.3. The van der Waals surface area contributed by atoms with Gasteiger partial charge in [0, 0.05) is 32.2 Å². The maximum atomic E-state index is 12.9.